The molecule has 0 saturated heterocycles. The van der Waals surface area contributed by atoms with Gasteiger partial charge in [0, 0.05) is 11.4 Å². The zero-order chi connectivity index (χ0) is 22.5. The van der Waals surface area contributed by atoms with E-state index in [-0.39, 0.29) is 21.5 Å². The number of carbonyl (C=O) groups excluding carboxylic acids is 2. The highest BCUT2D eigenvalue weighted by molar-refractivity contribution is 6.32. The Morgan fingerprint density at radius 2 is 1.29 bits per heavy atom. The number of rotatable bonds is 4. The normalized spacial score (nSPS) is 10.4. The van der Waals surface area contributed by atoms with Crippen molar-refractivity contribution in [2.45, 2.75) is 6.92 Å². The molecule has 31 heavy (non-hydrogen) atoms. The van der Waals surface area contributed by atoms with Gasteiger partial charge in [0.25, 0.3) is 0 Å². The summed E-state index contributed by atoms with van der Waals surface area (Å²) in [6.45, 7) is 1.72. The van der Waals surface area contributed by atoms with Crippen molar-refractivity contribution < 1.29 is 27.8 Å². The SMILES string of the molecule is Cc1ccc(NC(=O)Oc2ccc(F)cc2Cl)cc1NC(=O)Oc1ccc(F)cc1Cl. The molecule has 0 bridgehead atoms. The fraction of sp³-hybridized carbons (Fsp3) is 0.0476. The smallest absolute Gasteiger partial charge is 0.408 e. The maximum absolute atomic E-state index is 13.1. The van der Waals surface area contributed by atoms with E-state index in [0.29, 0.717) is 16.9 Å². The number of amides is 2. The van der Waals surface area contributed by atoms with Crippen LogP contribution >= 0.6 is 23.2 Å². The van der Waals surface area contributed by atoms with Crippen molar-refractivity contribution in [2.24, 2.45) is 0 Å². The van der Waals surface area contributed by atoms with Gasteiger partial charge in [-0.25, -0.2) is 18.4 Å². The number of anilines is 2. The van der Waals surface area contributed by atoms with Gasteiger partial charge >= 0.3 is 12.2 Å². The van der Waals surface area contributed by atoms with Crippen LogP contribution in [0.4, 0.5) is 29.7 Å². The van der Waals surface area contributed by atoms with Crippen LogP contribution in [0.2, 0.25) is 10.0 Å². The zero-order valence-electron chi connectivity index (χ0n) is 15.8. The number of halogens is 4. The number of ether oxygens (including phenoxy) is 2. The highest BCUT2D eigenvalue weighted by Gasteiger charge is 2.13. The third kappa shape index (κ3) is 6.07. The fourth-order valence-corrected chi connectivity index (χ4v) is 2.84. The van der Waals surface area contributed by atoms with Gasteiger partial charge in [0.2, 0.25) is 0 Å². The third-order valence-electron chi connectivity index (χ3n) is 3.91. The van der Waals surface area contributed by atoms with Crippen molar-refractivity contribution in [3.63, 3.8) is 0 Å². The molecule has 0 radical (unpaired) electrons. The summed E-state index contributed by atoms with van der Waals surface area (Å²) in [4.78, 5) is 24.3. The molecule has 0 aromatic heterocycles. The highest BCUT2D eigenvalue weighted by Crippen LogP contribution is 2.27. The predicted molar refractivity (Wildman–Crippen MR) is 113 cm³/mol. The van der Waals surface area contributed by atoms with E-state index in [2.05, 4.69) is 10.6 Å². The molecular formula is C21H14Cl2F2N2O4. The molecule has 160 valence electrons. The molecule has 0 fully saturated rings. The molecule has 0 spiro atoms. The van der Waals surface area contributed by atoms with Gasteiger partial charge in [0.15, 0.2) is 11.5 Å². The lowest BCUT2D eigenvalue weighted by Gasteiger charge is -2.12. The van der Waals surface area contributed by atoms with Crippen LogP contribution in [0.1, 0.15) is 5.56 Å². The van der Waals surface area contributed by atoms with Crippen LogP contribution in [0, 0.1) is 18.6 Å². The van der Waals surface area contributed by atoms with Crippen molar-refractivity contribution >= 4 is 46.8 Å². The molecule has 0 heterocycles. The van der Waals surface area contributed by atoms with Crippen LogP contribution in [0.15, 0.2) is 54.6 Å². The molecule has 0 aliphatic rings. The van der Waals surface area contributed by atoms with Crippen molar-refractivity contribution in [1.82, 2.24) is 0 Å². The molecule has 0 unspecified atom stereocenters. The van der Waals surface area contributed by atoms with Crippen LogP contribution < -0.4 is 20.1 Å². The minimum absolute atomic E-state index is 0.0211. The standard InChI is InChI=1S/C21H14Cl2F2N2O4/c1-11-2-5-14(26-20(28)30-18-6-3-12(24)8-15(18)22)10-17(11)27-21(29)31-19-7-4-13(25)9-16(19)23/h2-10H,1H3,(H,26,28)(H,27,29). The van der Waals surface area contributed by atoms with Crippen molar-refractivity contribution in [1.29, 1.82) is 0 Å². The molecule has 0 aliphatic heterocycles. The van der Waals surface area contributed by atoms with Crippen LogP contribution in [0.5, 0.6) is 11.5 Å². The Morgan fingerprint density at radius 3 is 1.81 bits per heavy atom. The first kappa shape index (κ1) is 22.3. The molecule has 0 atom stereocenters. The Morgan fingerprint density at radius 1 is 0.774 bits per heavy atom. The molecule has 6 nitrogen and oxygen atoms in total. The second-order valence-electron chi connectivity index (χ2n) is 6.21. The van der Waals surface area contributed by atoms with E-state index < -0.39 is 23.8 Å². The summed E-state index contributed by atoms with van der Waals surface area (Å²) in [6.07, 6.45) is -1.74. The topological polar surface area (TPSA) is 76.7 Å². The van der Waals surface area contributed by atoms with Gasteiger partial charge in [0.05, 0.1) is 10.0 Å². The van der Waals surface area contributed by atoms with Gasteiger partial charge < -0.3 is 9.47 Å². The number of hydrogen-bond acceptors (Lipinski definition) is 4. The molecule has 0 saturated carbocycles. The maximum atomic E-state index is 13.1. The summed E-state index contributed by atoms with van der Waals surface area (Å²) in [6, 6.07) is 11.4. The monoisotopic (exact) mass is 466 g/mol. The van der Waals surface area contributed by atoms with Crippen molar-refractivity contribution in [2.75, 3.05) is 10.6 Å². The lowest BCUT2D eigenvalue weighted by Crippen LogP contribution is -2.19. The second kappa shape index (κ2) is 9.63. The summed E-state index contributed by atoms with van der Waals surface area (Å²) < 4.78 is 36.3. The van der Waals surface area contributed by atoms with E-state index in [1.54, 1.807) is 19.1 Å². The first-order valence-corrected chi connectivity index (χ1v) is 9.45. The molecule has 3 aromatic rings. The summed E-state index contributed by atoms with van der Waals surface area (Å²) in [7, 11) is 0. The Hall–Kier alpha value is -3.36. The van der Waals surface area contributed by atoms with Crippen LogP contribution in [-0.4, -0.2) is 12.2 Å². The van der Waals surface area contributed by atoms with Gasteiger partial charge in [0.1, 0.15) is 11.6 Å². The molecule has 2 N–H and O–H groups in total. The lowest BCUT2D eigenvalue weighted by molar-refractivity contribution is 0.214. The maximum Gasteiger partial charge on any atom is 0.417 e. The minimum atomic E-state index is -0.871. The van der Waals surface area contributed by atoms with Crippen molar-refractivity contribution in [3.8, 4) is 11.5 Å². The second-order valence-corrected chi connectivity index (χ2v) is 7.02. The first-order valence-electron chi connectivity index (χ1n) is 8.69. The van der Waals surface area contributed by atoms with E-state index in [1.807, 2.05) is 0 Å². The Kier molecular flexibility index (Phi) is 6.94. The number of hydrogen-bond donors (Lipinski definition) is 2. The Bertz CT molecular complexity index is 1160. The predicted octanol–water partition coefficient (Wildman–Crippen LogP) is 6.80. The van der Waals surface area contributed by atoms with E-state index in [4.69, 9.17) is 32.7 Å². The Labute approximate surface area is 185 Å². The number of carbonyl (C=O) groups is 2. The first-order chi connectivity index (χ1) is 14.7. The fourth-order valence-electron chi connectivity index (χ4n) is 2.43. The summed E-state index contributed by atoms with van der Waals surface area (Å²) in [5, 5.41) is 4.85. The van der Waals surface area contributed by atoms with E-state index in [9.17, 15) is 18.4 Å². The zero-order valence-corrected chi connectivity index (χ0v) is 17.4. The average molecular weight is 467 g/mol. The van der Waals surface area contributed by atoms with E-state index >= 15 is 0 Å². The van der Waals surface area contributed by atoms with Gasteiger partial charge in [-0.3, -0.25) is 10.6 Å². The van der Waals surface area contributed by atoms with Gasteiger partial charge in [-0.2, -0.15) is 0 Å². The summed E-state index contributed by atoms with van der Waals surface area (Å²) >= 11 is 11.7. The minimum Gasteiger partial charge on any atom is -0.408 e. The summed E-state index contributed by atoms with van der Waals surface area (Å²) in [5.41, 5.74) is 1.30. The van der Waals surface area contributed by atoms with Gasteiger partial charge in [-0.05, 0) is 61.0 Å². The van der Waals surface area contributed by atoms with Crippen molar-refractivity contribution in [3.05, 3.63) is 81.8 Å². The van der Waals surface area contributed by atoms with Gasteiger partial charge in [-0.1, -0.05) is 29.3 Å². The molecule has 3 aromatic carbocycles. The largest absolute Gasteiger partial charge is 0.417 e. The third-order valence-corrected chi connectivity index (χ3v) is 4.50. The number of aryl methyl sites for hydroxylation is 1. The molecular weight excluding hydrogens is 453 g/mol. The van der Waals surface area contributed by atoms with E-state index in [1.165, 1.54) is 18.2 Å². The van der Waals surface area contributed by atoms with Crippen LogP contribution in [0.25, 0.3) is 0 Å². The van der Waals surface area contributed by atoms with Crippen LogP contribution in [-0.2, 0) is 0 Å². The number of nitrogens with one attached hydrogen (secondary N) is 2. The quantitative estimate of drug-likeness (QED) is 0.443. The number of benzene rings is 3. The summed E-state index contributed by atoms with van der Waals surface area (Å²) in [5.74, 6) is -1.18. The molecule has 3 rings (SSSR count). The molecule has 0 aliphatic carbocycles. The molecule has 2 amide bonds. The average Bonchev–Trinajstić information content (AvgIpc) is 2.69. The van der Waals surface area contributed by atoms with E-state index in [0.717, 1.165) is 24.3 Å². The Balaban J connectivity index is 1.66. The lowest BCUT2D eigenvalue weighted by atomic mass is 10.2. The molecule has 10 heteroatoms. The van der Waals surface area contributed by atoms with Crippen LogP contribution in [0.3, 0.4) is 0 Å². The highest BCUT2D eigenvalue weighted by atomic mass is 35.5. The van der Waals surface area contributed by atoms with Gasteiger partial charge in [-0.15, -0.1) is 0 Å².